The van der Waals surface area contributed by atoms with E-state index in [9.17, 15) is 9.90 Å². The SMILES string of the molecule is O=c1cc(O)c(-c2n[nH]c(=S)n2-c2cccc3ccccc23)c[nH]1. The van der Waals surface area contributed by atoms with Crippen LogP contribution in [0.5, 0.6) is 5.75 Å². The van der Waals surface area contributed by atoms with Crippen LogP contribution in [0.15, 0.2) is 59.5 Å². The van der Waals surface area contributed by atoms with Crippen LogP contribution in [0.3, 0.4) is 0 Å². The van der Waals surface area contributed by atoms with Crippen LogP contribution in [0.2, 0.25) is 0 Å². The average molecular weight is 336 g/mol. The number of H-pyrrole nitrogens is 2. The van der Waals surface area contributed by atoms with E-state index in [1.807, 2.05) is 42.5 Å². The fraction of sp³-hybridized carbons (Fsp3) is 0. The molecule has 3 N–H and O–H groups in total. The maximum absolute atomic E-state index is 11.3. The Morgan fingerprint density at radius 2 is 1.92 bits per heavy atom. The van der Waals surface area contributed by atoms with Gasteiger partial charge in [0.05, 0.1) is 11.3 Å². The number of rotatable bonds is 2. The topological polar surface area (TPSA) is 86.7 Å². The fourth-order valence-corrected chi connectivity index (χ4v) is 2.97. The van der Waals surface area contributed by atoms with Gasteiger partial charge in [0.1, 0.15) is 5.75 Å². The van der Waals surface area contributed by atoms with Crippen LogP contribution in [0.1, 0.15) is 0 Å². The molecule has 0 unspecified atom stereocenters. The molecule has 4 aromatic rings. The number of nitrogens with one attached hydrogen (secondary N) is 2. The molecule has 0 aliphatic rings. The molecule has 118 valence electrons. The summed E-state index contributed by atoms with van der Waals surface area (Å²) in [6, 6.07) is 14.9. The van der Waals surface area contributed by atoms with E-state index in [0.717, 1.165) is 22.5 Å². The molecule has 2 aromatic carbocycles. The van der Waals surface area contributed by atoms with E-state index in [4.69, 9.17) is 12.2 Å². The molecule has 0 aliphatic carbocycles. The van der Waals surface area contributed by atoms with Gasteiger partial charge in [-0.05, 0) is 23.7 Å². The Morgan fingerprint density at radius 3 is 2.75 bits per heavy atom. The standard InChI is InChI=1S/C17H12N4O2S/c22-14-8-15(23)18-9-12(14)16-19-20-17(24)21(16)13-7-3-5-10-4-1-2-6-11(10)13/h1-9H,(H,20,24)(H2,18,22,23). The van der Waals surface area contributed by atoms with Crippen LogP contribution in [-0.4, -0.2) is 24.9 Å². The number of hydrogen-bond donors (Lipinski definition) is 3. The summed E-state index contributed by atoms with van der Waals surface area (Å²) in [6.07, 6.45) is 1.42. The van der Waals surface area contributed by atoms with Crippen molar-refractivity contribution in [1.29, 1.82) is 0 Å². The van der Waals surface area contributed by atoms with Gasteiger partial charge in [-0.15, -0.1) is 0 Å². The smallest absolute Gasteiger partial charge is 0.251 e. The molecule has 0 atom stereocenters. The second-order valence-electron chi connectivity index (χ2n) is 5.28. The van der Waals surface area contributed by atoms with Gasteiger partial charge in [0.2, 0.25) is 0 Å². The maximum atomic E-state index is 11.3. The lowest BCUT2D eigenvalue weighted by Crippen LogP contribution is -2.05. The zero-order chi connectivity index (χ0) is 16.7. The largest absolute Gasteiger partial charge is 0.507 e. The highest BCUT2D eigenvalue weighted by Gasteiger charge is 2.16. The Labute approximate surface area is 141 Å². The number of aromatic amines is 2. The van der Waals surface area contributed by atoms with Crippen molar-refractivity contribution in [2.75, 3.05) is 0 Å². The van der Waals surface area contributed by atoms with E-state index in [-0.39, 0.29) is 11.3 Å². The van der Waals surface area contributed by atoms with Gasteiger partial charge in [-0.25, -0.2) is 0 Å². The summed E-state index contributed by atoms with van der Waals surface area (Å²) in [5.74, 6) is 0.263. The predicted molar refractivity (Wildman–Crippen MR) is 94.0 cm³/mol. The molecule has 0 saturated carbocycles. The van der Waals surface area contributed by atoms with E-state index in [1.165, 1.54) is 6.20 Å². The molecule has 0 aliphatic heterocycles. The van der Waals surface area contributed by atoms with Gasteiger partial charge >= 0.3 is 0 Å². The molecule has 0 spiro atoms. The third-order valence-electron chi connectivity index (χ3n) is 3.82. The molecular formula is C17H12N4O2S. The Bertz CT molecular complexity index is 1170. The van der Waals surface area contributed by atoms with E-state index in [1.54, 1.807) is 4.57 Å². The van der Waals surface area contributed by atoms with Gasteiger partial charge in [0.25, 0.3) is 5.56 Å². The Hall–Kier alpha value is -3.19. The van der Waals surface area contributed by atoms with E-state index < -0.39 is 0 Å². The maximum Gasteiger partial charge on any atom is 0.251 e. The summed E-state index contributed by atoms with van der Waals surface area (Å²) >= 11 is 5.38. The molecule has 6 nitrogen and oxygen atoms in total. The number of pyridine rings is 1. The van der Waals surface area contributed by atoms with Crippen molar-refractivity contribution in [1.82, 2.24) is 19.7 Å². The quantitative estimate of drug-likeness (QED) is 0.491. The molecule has 0 radical (unpaired) electrons. The summed E-state index contributed by atoms with van der Waals surface area (Å²) < 4.78 is 2.14. The highest BCUT2D eigenvalue weighted by atomic mass is 32.1. The molecule has 7 heteroatoms. The van der Waals surface area contributed by atoms with Gasteiger partial charge in [0, 0.05) is 17.6 Å². The first-order valence-electron chi connectivity index (χ1n) is 7.23. The fourth-order valence-electron chi connectivity index (χ4n) is 2.74. The Balaban J connectivity index is 2.05. The number of hydrogen-bond acceptors (Lipinski definition) is 4. The third kappa shape index (κ3) is 2.22. The number of benzene rings is 2. The summed E-state index contributed by atoms with van der Waals surface area (Å²) in [6.45, 7) is 0. The lowest BCUT2D eigenvalue weighted by Gasteiger charge is -2.11. The van der Waals surface area contributed by atoms with Crippen molar-refractivity contribution in [3.63, 3.8) is 0 Å². The van der Waals surface area contributed by atoms with Gasteiger partial charge in [-0.1, -0.05) is 36.4 Å². The minimum absolute atomic E-state index is 0.158. The molecule has 2 aromatic heterocycles. The van der Waals surface area contributed by atoms with Crippen LogP contribution >= 0.6 is 12.2 Å². The first kappa shape index (κ1) is 14.4. The average Bonchev–Trinajstić information content (AvgIpc) is 2.95. The zero-order valence-corrected chi connectivity index (χ0v) is 13.2. The van der Waals surface area contributed by atoms with E-state index in [0.29, 0.717) is 16.2 Å². The third-order valence-corrected chi connectivity index (χ3v) is 4.10. The molecule has 0 fully saturated rings. The number of aromatic nitrogens is 4. The van der Waals surface area contributed by atoms with E-state index in [2.05, 4.69) is 15.2 Å². The van der Waals surface area contributed by atoms with Crippen LogP contribution in [0.25, 0.3) is 27.8 Å². The van der Waals surface area contributed by atoms with Crippen LogP contribution < -0.4 is 5.56 Å². The van der Waals surface area contributed by atoms with Crippen LogP contribution in [0, 0.1) is 4.77 Å². The molecule has 4 rings (SSSR count). The summed E-state index contributed by atoms with van der Waals surface area (Å²) in [5, 5.41) is 19.2. The van der Waals surface area contributed by atoms with Crippen molar-refractivity contribution in [2.24, 2.45) is 0 Å². The monoisotopic (exact) mass is 336 g/mol. The highest BCUT2D eigenvalue weighted by molar-refractivity contribution is 7.71. The minimum Gasteiger partial charge on any atom is -0.507 e. The summed E-state index contributed by atoms with van der Waals surface area (Å²) in [4.78, 5) is 13.9. The number of nitrogens with zero attached hydrogens (tertiary/aromatic N) is 2. The molecule has 2 heterocycles. The molecule has 24 heavy (non-hydrogen) atoms. The highest BCUT2D eigenvalue weighted by Crippen LogP contribution is 2.30. The van der Waals surface area contributed by atoms with Gasteiger partial charge in [0.15, 0.2) is 10.6 Å². The summed E-state index contributed by atoms with van der Waals surface area (Å²) in [5.41, 5.74) is 0.837. The molecule has 0 bridgehead atoms. The van der Waals surface area contributed by atoms with Crippen molar-refractivity contribution in [2.45, 2.75) is 0 Å². The van der Waals surface area contributed by atoms with Crippen molar-refractivity contribution >= 4 is 23.0 Å². The van der Waals surface area contributed by atoms with Crippen molar-refractivity contribution in [3.05, 3.63) is 69.9 Å². The van der Waals surface area contributed by atoms with E-state index >= 15 is 0 Å². The molecule has 0 saturated heterocycles. The first-order valence-corrected chi connectivity index (χ1v) is 7.63. The van der Waals surface area contributed by atoms with Gasteiger partial charge < -0.3 is 10.1 Å². The lowest BCUT2D eigenvalue weighted by molar-refractivity contribution is 0.475. The number of aromatic hydroxyl groups is 1. The van der Waals surface area contributed by atoms with Crippen molar-refractivity contribution < 1.29 is 5.11 Å². The Morgan fingerprint density at radius 1 is 1.12 bits per heavy atom. The minimum atomic E-state index is -0.387. The second-order valence-corrected chi connectivity index (χ2v) is 5.67. The predicted octanol–water partition coefficient (Wildman–Crippen LogP) is 3.14. The van der Waals surface area contributed by atoms with Crippen LogP contribution in [0.4, 0.5) is 0 Å². The first-order chi connectivity index (χ1) is 11.6. The number of fused-ring (bicyclic) bond motifs is 1. The van der Waals surface area contributed by atoms with Gasteiger partial charge in [-0.2, -0.15) is 5.10 Å². The van der Waals surface area contributed by atoms with Crippen LogP contribution in [-0.2, 0) is 0 Å². The molecule has 0 amide bonds. The second kappa shape index (κ2) is 5.47. The normalized spacial score (nSPS) is 11.0. The lowest BCUT2D eigenvalue weighted by atomic mass is 10.1. The zero-order valence-electron chi connectivity index (χ0n) is 12.4. The van der Waals surface area contributed by atoms with Crippen molar-refractivity contribution in [3.8, 4) is 22.8 Å². The van der Waals surface area contributed by atoms with Gasteiger partial charge in [-0.3, -0.25) is 14.5 Å². The molecular weight excluding hydrogens is 324 g/mol. The Kier molecular flexibility index (Phi) is 3.28. The summed E-state index contributed by atoms with van der Waals surface area (Å²) in [7, 11) is 0.